The van der Waals surface area contributed by atoms with Gasteiger partial charge in [0.25, 0.3) is 10.0 Å². The van der Waals surface area contributed by atoms with Gasteiger partial charge in [0.05, 0.1) is 10.6 Å². The maximum atomic E-state index is 12.0. The molecule has 2 rings (SSSR count). The van der Waals surface area contributed by atoms with Crippen molar-refractivity contribution in [3.63, 3.8) is 0 Å². The van der Waals surface area contributed by atoms with Crippen LogP contribution in [-0.4, -0.2) is 18.6 Å². The van der Waals surface area contributed by atoms with Gasteiger partial charge in [-0.05, 0) is 38.1 Å². The third-order valence-electron chi connectivity index (χ3n) is 2.37. The van der Waals surface area contributed by atoms with Crippen molar-refractivity contribution in [2.24, 2.45) is 0 Å². The first-order valence-electron chi connectivity index (χ1n) is 5.37. The lowest BCUT2D eigenvalue weighted by Crippen LogP contribution is -2.14. The summed E-state index contributed by atoms with van der Waals surface area (Å²) in [6, 6.07) is 9.87. The fraction of sp³-hybridized carbons (Fsp3) is 0.167. The average molecular weight is 263 g/mol. The number of aryl methyl sites for hydroxylation is 2. The van der Waals surface area contributed by atoms with Crippen molar-refractivity contribution in [1.29, 1.82) is 0 Å². The van der Waals surface area contributed by atoms with Gasteiger partial charge < -0.3 is 0 Å². The molecule has 0 spiro atoms. The number of hydrogen-bond acceptors (Lipinski definition) is 4. The Morgan fingerprint density at radius 3 is 2.17 bits per heavy atom. The van der Waals surface area contributed by atoms with E-state index in [1.165, 1.54) is 0 Å². The zero-order valence-electron chi connectivity index (χ0n) is 10.1. The van der Waals surface area contributed by atoms with E-state index in [1.807, 2.05) is 6.92 Å². The van der Waals surface area contributed by atoms with Crippen molar-refractivity contribution in [3.05, 3.63) is 47.7 Å². The largest absolute Gasteiger partial charge is 0.263 e. The topological polar surface area (TPSA) is 72.0 Å². The predicted octanol–water partition coefficient (Wildman–Crippen LogP) is 1.89. The summed E-state index contributed by atoms with van der Waals surface area (Å²) in [5, 5.41) is 7.56. The molecule has 0 aliphatic carbocycles. The minimum absolute atomic E-state index is 0.204. The third kappa shape index (κ3) is 2.84. The van der Waals surface area contributed by atoms with E-state index >= 15 is 0 Å². The molecule has 1 aromatic carbocycles. The number of hydrogen-bond donors (Lipinski definition) is 1. The van der Waals surface area contributed by atoms with E-state index in [9.17, 15) is 8.42 Å². The number of sulfonamides is 1. The first-order chi connectivity index (χ1) is 8.47. The average Bonchev–Trinajstić information content (AvgIpc) is 2.32. The van der Waals surface area contributed by atoms with Gasteiger partial charge in [0.2, 0.25) is 0 Å². The van der Waals surface area contributed by atoms with Gasteiger partial charge in [-0.25, -0.2) is 8.42 Å². The van der Waals surface area contributed by atoms with Crippen LogP contribution in [0.1, 0.15) is 11.3 Å². The second-order valence-corrected chi connectivity index (χ2v) is 5.66. The van der Waals surface area contributed by atoms with Gasteiger partial charge >= 0.3 is 0 Å². The lowest BCUT2D eigenvalue weighted by molar-refractivity contribution is 0.601. The summed E-state index contributed by atoms with van der Waals surface area (Å²) in [7, 11) is -3.60. The molecular formula is C12H13N3O2S. The first kappa shape index (κ1) is 12.5. The Balaban J connectivity index is 2.27. The standard InChI is InChI=1S/C12H13N3O2S/c1-9-3-6-11(7-4-9)18(16,17)15-12-8-5-10(2)13-14-12/h3-8H,1-2H3,(H,14,15). The summed E-state index contributed by atoms with van der Waals surface area (Å²) >= 11 is 0. The molecule has 1 heterocycles. The molecule has 0 bridgehead atoms. The second-order valence-electron chi connectivity index (χ2n) is 3.98. The van der Waals surface area contributed by atoms with E-state index in [-0.39, 0.29) is 10.7 Å². The Bertz CT molecular complexity index is 634. The van der Waals surface area contributed by atoms with Gasteiger partial charge in [-0.2, -0.15) is 5.10 Å². The summed E-state index contributed by atoms with van der Waals surface area (Å²) in [5.74, 6) is 0.209. The molecule has 2 aromatic rings. The Kier molecular flexibility index (Phi) is 3.29. The zero-order valence-corrected chi connectivity index (χ0v) is 10.9. The Morgan fingerprint density at radius 2 is 1.61 bits per heavy atom. The number of anilines is 1. The normalized spacial score (nSPS) is 11.2. The Hall–Kier alpha value is -1.95. The monoisotopic (exact) mass is 263 g/mol. The molecule has 5 nitrogen and oxygen atoms in total. The van der Waals surface area contributed by atoms with Gasteiger partial charge in [-0.1, -0.05) is 17.7 Å². The fourth-order valence-corrected chi connectivity index (χ4v) is 2.36. The van der Waals surface area contributed by atoms with Crippen molar-refractivity contribution in [2.45, 2.75) is 18.7 Å². The fourth-order valence-electron chi connectivity index (χ4n) is 1.37. The van der Waals surface area contributed by atoms with Crippen molar-refractivity contribution in [2.75, 3.05) is 4.72 Å². The summed E-state index contributed by atoms with van der Waals surface area (Å²) in [5.41, 5.74) is 1.73. The van der Waals surface area contributed by atoms with Gasteiger partial charge in [0.1, 0.15) is 0 Å². The molecule has 0 radical (unpaired) electrons. The molecule has 18 heavy (non-hydrogen) atoms. The molecule has 0 aliphatic heterocycles. The molecule has 6 heteroatoms. The van der Waals surface area contributed by atoms with Crippen LogP contribution in [0.3, 0.4) is 0 Å². The van der Waals surface area contributed by atoms with E-state index < -0.39 is 10.0 Å². The van der Waals surface area contributed by atoms with E-state index in [1.54, 1.807) is 43.3 Å². The number of rotatable bonds is 3. The molecule has 1 aromatic heterocycles. The molecule has 1 N–H and O–H groups in total. The zero-order chi connectivity index (χ0) is 13.2. The molecule has 0 atom stereocenters. The van der Waals surface area contributed by atoms with Crippen LogP contribution in [0.2, 0.25) is 0 Å². The highest BCUT2D eigenvalue weighted by atomic mass is 32.2. The molecule has 0 saturated carbocycles. The van der Waals surface area contributed by atoms with Crippen LogP contribution in [0.25, 0.3) is 0 Å². The minimum Gasteiger partial charge on any atom is -0.262 e. The molecule has 0 aliphatic rings. The summed E-state index contributed by atoms with van der Waals surface area (Å²) in [6.45, 7) is 3.68. The van der Waals surface area contributed by atoms with Crippen LogP contribution in [0.15, 0.2) is 41.3 Å². The number of benzene rings is 1. The Labute approximate surface area is 106 Å². The van der Waals surface area contributed by atoms with Crippen molar-refractivity contribution < 1.29 is 8.42 Å². The van der Waals surface area contributed by atoms with Crippen LogP contribution in [-0.2, 0) is 10.0 Å². The minimum atomic E-state index is -3.60. The quantitative estimate of drug-likeness (QED) is 0.918. The number of nitrogens with one attached hydrogen (secondary N) is 1. The third-order valence-corrected chi connectivity index (χ3v) is 3.74. The molecule has 0 unspecified atom stereocenters. The SMILES string of the molecule is Cc1ccc(S(=O)(=O)Nc2ccc(C)nn2)cc1. The van der Waals surface area contributed by atoms with Crippen LogP contribution in [0, 0.1) is 13.8 Å². The summed E-state index contributed by atoms with van der Waals surface area (Å²) in [6.07, 6.45) is 0. The van der Waals surface area contributed by atoms with E-state index in [0.29, 0.717) is 0 Å². The van der Waals surface area contributed by atoms with Crippen molar-refractivity contribution in [3.8, 4) is 0 Å². The number of aromatic nitrogens is 2. The van der Waals surface area contributed by atoms with Crippen molar-refractivity contribution in [1.82, 2.24) is 10.2 Å². The van der Waals surface area contributed by atoms with E-state index in [2.05, 4.69) is 14.9 Å². The van der Waals surface area contributed by atoms with Crippen LogP contribution in [0.4, 0.5) is 5.82 Å². The van der Waals surface area contributed by atoms with Gasteiger partial charge in [0, 0.05) is 0 Å². The van der Waals surface area contributed by atoms with E-state index in [0.717, 1.165) is 11.3 Å². The highest BCUT2D eigenvalue weighted by molar-refractivity contribution is 7.92. The first-order valence-corrected chi connectivity index (χ1v) is 6.85. The molecule has 0 fully saturated rings. The maximum Gasteiger partial charge on any atom is 0.263 e. The highest BCUT2D eigenvalue weighted by Gasteiger charge is 2.14. The van der Waals surface area contributed by atoms with Crippen LogP contribution in [0.5, 0.6) is 0 Å². The maximum absolute atomic E-state index is 12.0. The van der Waals surface area contributed by atoms with Crippen molar-refractivity contribution >= 4 is 15.8 Å². The molecule has 94 valence electrons. The number of nitrogens with zero attached hydrogens (tertiary/aromatic N) is 2. The van der Waals surface area contributed by atoms with Gasteiger partial charge in [-0.15, -0.1) is 5.10 Å². The highest BCUT2D eigenvalue weighted by Crippen LogP contribution is 2.14. The Morgan fingerprint density at radius 1 is 0.944 bits per heavy atom. The smallest absolute Gasteiger partial charge is 0.262 e. The van der Waals surface area contributed by atoms with Gasteiger partial charge in [0.15, 0.2) is 5.82 Å². The summed E-state index contributed by atoms with van der Waals surface area (Å²) < 4.78 is 26.4. The van der Waals surface area contributed by atoms with E-state index in [4.69, 9.17) is 0 Å². The molecule has 0 amide bonds. The summed E-state index contributed by atoms with van der Waals surface area (Å²) in [4.78, 5) is 0.204. The molecule has 0 saturated heterocycles. The van der Waals surface area contributed by atoms with Crippen LogP contribution < -0.4 is 4.72 Å². The van der Waals surface area contributed by atoms with Crippen LogP contribution >= 0.6 is 0 Å². The lowest BCUT2D eigenvalue weighted by Gasteiger charge is -2.06. The van der Waals surface area contributed by atoms with Gasteiger partial charge in [-0.3, -0.25) is 4.72 Å². The predicted molar refractivity (Wildman–Crippen MR) is 68.8 cm³/mol. The lowest BCUT2D eigenvalue weighted by atomic mass is 10.2. The second kappa shape index (κ2) is 4.73. The molecular weight excluding hydrogens is 250 g/mol.